The molecule has 0 unspecified atom stereocenters. The van der Waals surface area contributed by atoms with Crippen LogP contribution in [0.3, 0.4) is 0 Å². The molecule has 3 heterocycles. The summed E-state index contributed by atoms with van der Waals surface area (Å²) < 4.78 is 5.12. The Balaban J connectivity index is 0.000000196. The second-order valence-corrected chi connectivity index (χ2v) is 12.6. The summed E-state index contributed by atoms with van der Waals surface area (Å²) in [7, 11) is 0. The summed E-state index contributed by atoms with van der Waals surface area (Å²) in [4.78, 5) is 53.4. The second-order valence-electron chi connectivity index (χ2n) is 12.6. The number of amides is 3. The fraction of sp³-hybridized carbons (Fsp3) is 0.0682. The van der Waals surface area contributed by atoms with Gasteiger partial charge in [-0.15, -0.1) is 0 Å². The smallest absolute Gasteiger partial charge is 0.407 e. The number of rotatable bonds is 12. The van der Waals surface area contributed by atoms with Gasteiger partial charge in [-0.1, -0.05) is 54.6 Å². The Morgan fingerprint density at radius 3 is 1.69 bits per heavy atom. The number of aromatic nitrogens is 4. The minimum absolute atomic E-state index is 0.154. The zero-order valence-corrected chi connectivity index (χ0v) is 31.2. The van der Waals surface area contributed by atoms with Crippen LogP contribution in [0, 0.1) is 0 Å². The zero-order valence-electron chi connectivity index (χ0n) is 31.2. The molecule has 0 saturated heterocycles. The van der Waals surface area contributed by atoms with Crippen molar-refractivity contribution < 1.29 is 19.1 Å². The maximum Gasteiger partial charge on any atom is 0.407 e. The van der Waals surface area contributed by atoms with E-state index in [0.29, 0.717) is 52.9 Å². The van der Waals surface area contributed by atoms with Gasteiger partial charge in [0.1, 0.15) is 6.61 Å². The van der Waals surface area contributed by atoms with Crippen LogP contribution >= 0.6 is 0 Å². The van der Waals surface area contributed by atoms with Gasteiger partial charge in [-0.05, 0) is 83.9 Å². The number of nitrogen functional groups attached to an aromatic ring is 2. The molecule has 0 atom stereocenters. The summed E-state index contributed by atoms with van der Waals surface area (Å²) >= 11 is 0. The van der Waals surface area contributed by atoms with Crippen molar-refractivity contribution in [2.45, 2.75) is 19.7 Å². The maximum absolute atomic E-state index is 12.4. The van der Waals surface area contributed by atoms with E-state index in [2.05, 4.69) is 41.2 Å². The Bertz CT molecular complexity index is 2430. The van der Waals surface area contributed by atoms with E-state index in [4.69, 9.17) is 16.2 Å². The maximum atomic E-state index is 12.4. The molecule has 0 aliphatic rings. The molecule has 14 nitrogen and oxygen atoms in total. The monoisotopic (exact) mass is 772 g/mol. The van der Waals surface area contributed by atoms with Crippen LogP contribution in [-0.2, 0) is 24.4 Å². The Labute approximate surface area is 334 Å². The first-order valence-corrected chi connectivity index (χ1v) is 18.1. The zero-order chi connectivity index (χ0) is 40.5. The number of alkyl carbamates (subject to hydrolysis) is 1. The van der Waals surface area contributed by atoms with Crippen molar-refractivity contribution in [1.82, 2.24) is 25.3 Å². The lowest BCUT2D eigenvalue weighted by atomic mass is 10.1. The van der Waals surface area contributed by atoms with Crippen LogP contribution in [0.4, 0.5) is 33.5 Å². The molecule has 14 heteroatoms. The third-order valence-electron chi connectivity index (χ3n) is 8.44. The molecular weight excluding hydrogens is 733 g/mol. The van der Waals surface area contributed by atoms with Crippen LogP contribution in [0.5, 0.6) is 0 Å². The highest BCUT2D eigenvalue weighted by Gasteiger charge is 2.10. The quantitative estimate of drug-likeness (QED) is 0.0677. The number of ether oxygens (including phenoxy) is 1. The predicted molar refractivity (Wildman–Crippen MR) is 224 cm³/mol. The topological polar surface area (TPSA) is 212 Å². The van der Waals surface area contributed by atoms with Crippen LogP contribution in [0.1, 0.15) is 37.4 Å². The molecule has 0 saturated carbocycles. The van der Waals surface area contributed by atoms with E-state index in [1.54, 1.807) is 110 Å². The lowest BCUT2D eigenvalue weighted by Crippen LogP contribution is -2.23. The van der Waals surface area contributed by atoms with Gasteiger partial charge in [0.25, 0.3) is 11.8 Å². The third-order valence-corrected chi connectivity index (χ3v) is 8.44. The van der Waals surface area contributed by atoms with Gasteiger partial charge in [0.15, 0.2) is 0 Å². The Morgan fingerprint density at radius 2 is 1.14 bits per heavy atom. The van der Waals surface area contributed by atoms with Crippen LogP contribution in [-0.4, -0.2) is 37.8 Å². The molecule has 3 aromatic heterocycles. The van der Waals surface area contributed by atoms with Crippen LogP contribution < -0.4 is 32.7 Å². The van der Waals surface area contributed by atoms with Crippen molar-refractivity contribution in [3.63, 3.8) is 0 Å². The second kappa shape index (κ2) is 20.0. The molecule has 3 amide bonds. The van der Waals surface area contributed by atoms with Gasteiger partial charge >= 0.3 is 6.09 Å². The molecule has 0 spiro atoms. The minimum atomic E-state index is -0.523. The highest BCUT2D eigenvalue weighted by atomic mass is 16.5. The number of carbonyl (C=O) groups excluding carboxylic acids is 3. The predicted octanol–water partition coefficient (Wildman–Crippen LogP) is 7.33. The van der Waals surface area contributed by atoms with Gasteiger partial charge in [0.05, 0.1) is 28.4 Å². The molecule has 0 fully saturated rings. The Morgan fingerprint density at radius 1 is 0.569 bits per heavy atom. The third kappa shape index (κ3) is 11.7. The fourth-order valence-electron chi connectivity index (χ4n) is 5.32. The van der Waals surface area contributed by atoms with E-state index in [9.17, 15) is 14.4 Å². The number of anilines is 5. The number of nitrogens with one attached hydrogen (secondary N) is 4. The average molecular weight is 773 g/mol. The van der Waals surface area contributed by atoms with Crippen LogP contribution in [0.2, 0.25) is 0 Å². The highest BCUT2D eigenvalue weighted by Crippen LogP contribution is 2.20. The van der Waals surface area contributed by atoms with Gasteiger partial charge in [-0.3, -0.25) is 19.6 Å². The fourth-order valence-corrected chi connectivity index (χ4v) is 5.32. The van der Waals surface area contributed by atoms with Gasteiger partial charge < -0.3 is 37.5 Å². The van der Waals surface area contributed by atoms with E-state index in [0.717, 1.165) is 27.9 Å². The number of pyridine rings is 2. The summed E-state index contributed by atoms with van der Waals surface area (Å²) in [5.74, 6) is 0.0610. The summed E-state index contributed by atoms with van der Waals surface area (Å²) in [5.41, 5.74) is 19.3. The van der Waals surface area contributed by atoms with E-state index < -0.39 is 6.09 Å². The van der Waals surface area contributed by atoms with Gasteiger partial charge in [-0.2, -0.15) is 0 Å². The molecule has 8 N–H and O–H groups in total. The lowest BCUT2D eigenvalue weighted by molar-refractivity contribution is 0.101. The van der Waals surface area contributed by atoms with E-state index in [-0.39, 0.29) is 18.4 Å². The van der Waals surface area contributed by atoms with Gasteiger partial charge in [-0.25, -0.2) is 14.8 Å². The van der Waals surface area contributed by atoms with Crippen molar-refractivity contribution in [2.75, 3.05) is 27.4 Å². The average Bonchev–Trinajstić information content (AvgIpc) is 3.27. The molecule has 4 aromatic carbocycles. The van der Waals surface area contributed by atoms with E-state index in [1.807, 2.05) is 48.5 Å². The van der Waals surface area contributed by atoms with Crippen molar-refractivity contribution in [3.05, 3.63) is 186 Å². The summed E-state index contributed by atoms with van der Waals surface area (Å²) in [6.07, 6.45) is 7.97. The summed E-state index contributed by atoms with van der Waals surface area (Å²) in [6, 6.07) is 37.7. The van der Waals surface area contributed by atoms with Crippen LogP contribution in [0.15, 0.2) is 158 Å². The largest absolute Gasteiger partial charge is 0.445 e. The number of nitrogens with two attached hydrogens (primary N) is 2. The number of hydrogen-bond donors (Lipinski definition) is 6. The normalized spacial score (nSPS) is 10.3. The number of nitrogens with zero attached hydrogens (tertiary/aromatic N) is 4. The van der Waals surface area contributed by atoms with Gasteiger partial charge in [0, 0.05) is 66.3 Å². The molecule has 7 aromatic rings. The first kappa shape index (κ1) is 39.6. The van der Waals surface area contributed by atoms with Gasteiger partial charge in [0.2, 0.25) is 5.95 Å². The molecule has 0 bridgehead atoms. The van der Waals surface area contributed by atoms with Crippen molar-refractivity contribution in [1.29, 1.82) is 0 Å². The first-order chi connectivity index (χ1) is 28.3. The van der Waals surface area contributed by atoms with E-state index in [1.165, 1.54) is 0 Å². The highest BCUT2D eigenvalue weighted by molar-refractivity contribution is 6.06. The molecular formula is C44H40N10O4. The Hall–Kier alpha value is -8.13. The molecule has 0 aliphatic carbocycles. The number of para-hydroxylation sites is 4. The molecule has 7 rings (SSSR count). The lowest BCUT2D eigenvalue weighted by Gasteiger charge is -2.09. The van der Waals surface area contributed by atoms with E-state index >= 15 is 0 Å². The molecule has 0 aliphatic heterocycles. The Kier molecular flexibility index (Phi) is 13.6. The number of carbonyl (C=O) groups is 3. The summed E-state index contributed by atoms with van der Waals surface area (Å²) in [6.45, 7) is 0.977. The number of benzene rings is 4. The standard InChI is InChI=1S/C23H20N6O.C21H20N4O3/c24-19-5-1-2-6-21(19)28-22(30)17-9-7-16(8-10-17)14-27-23-26-13-11-20(29-23)18-4-3-12-25-15-18;22-18-5-1-2-6-19(18)25-20(26)17-9-7-15(8-10-17)13-24-21(27)28-14-16-4-3-11-23-12-16/h1-13,15H,14,24H2,(H,28,30)(H,26,27,29);1-12H,13-14,22H2,(H,24,27)(H,25,26). The van der Waals surface area contributed by atoms with Crippen molar-refractivity contribution >= 4 is 46.6 Å². The first-order valence-electron chi connectivity index (χ1n) is 18.1. The van der Waals surface area contributed by atoms with Crippen molar-refractivity contribution in [3.8, 4) is 11.3 Å². The molecule has 290 valence electrons. The SMILES string of the molecule is Nc1ccccc1NC(=O)c1ccc(CNC(=O)OCc2cccnc2)cc1.Nc1ccccc1NC(=O)c1ccc(CNc2nccc(-c3cccnc3)n2)cc1. The van der Waals surface area contributed by atoms with Crippen LogP contribution in [0.25, 0.3) is 11.3 Å². The summed E-state index contributed by atoms with van der Waals surface area (Å²) in [5, 5.41) is 11.5. The number of hydrogen-bond acceptors (Lipinski definition) is 11. The molecule has 0 radical (unpaired) electrons. The molecule has 58 heavy (non-hydrogen) atoms. The minimum Gasteiger partial charge on any atom is -0.445 e. The van der Waals surface area contributed by atoms with Crippen molar-refractivity contribution in [2.24, 2.45) is 0 Å².